The quantitative estimate of drug-likeness (QED) is 0.415. The Hall–Kier alpha value is -4.38. The Morgan fingerprint density at radius 2 is 1.90 bits per heavy atom. The molecule has 3 atom stereocenters. The van der Waals surface area contributed by atoms with Crippen LogP contribution < -0.4 is 15.4 Å². The van der Waals surface area contributed by atoms with E-state index >= 15 is 0 Å². The maximum atomic E-state index is 13.7. The Morgan fingerprint density at radius 1 is 1.18 bits per heavy atom. The van der Waals surface area contributed by atoms with E-state index in [4.69, 9.17) is 4.74 Å². The summed E-state index contributed by atoms with van der Waals surface area (Å²) in [7, 11) is 3.35. The van der Waals surface area contributed by atoms with Crippen molar-refractivity contribution in [2.24, 2.45) is 13.0 Å². The number of rotatable bonds is 7. The van der Waals surface area contributed by atoms with Gasteiger partial charge in [-0.05, 0) is 44.2 Å². The molecule has 0 saturated carbocycles. The van der Waals surface area contributed by atoms with Gasteiger partial charge >= 0.3 is 6.03 Å². The minimum atomic E-state index is -0.538. The highest BCUT2D eigenvalue weighted by molar-refractivity contribution is 6.06. The Kier molecular flexibility index (Phi) is 8.73. The average Bonchev–Trinajstić information content (AvgIpc) is 3.28. The standard InChI is InChI=1S/C29H36N6O5/c1-18-15-35(20(3)17-36)28(38)22-12-9-13-23(31-27(37)24-14-19(2)32-34(24)5)26(22)40-25(18)16-33(4)29(39)30-21-10-7-6-8-11-21/h6-14,18,20,25,36H,15-17H2,1-5H3,(H,30,39)(H,31,37)/t18-,20-,25-/m1/s1. The summed E-state index contributed by atoms with van der Waals surface area (Å²) >= 11 is 0. The molecule has 0 radical (unpaired) electrons. The number of likely N-dealkylation sites (N-methyl/N-ethyl adjacent to an activating group) is 1. The zero-order valence-electron chi connectivity index (χ0n) is 23.4. The molecular weight excluding hydrogens is 512 g/mol. The molecule has 1 aliphatic heterocycles. The van der Waals surface area contributed by atoms with Crippen molar-refractivity contribution in [2.45, 2.75) is 32.9 Å². The summed E-state index contributed by atoms with van der Waals surface area (Å²) in [6, 6.07) is 15.0. The first-order valence-corrected chi connectivity index (χ1v) is 13.2. The summed E-state index contributed by atoms with van der Waals surface area (Å²) < 4.78 is 7.97. The molecule has 0 aliphatic carbocycles. The molecule has 2 heterocycles. The molecule has 212 valence electrons. The van der Waals surface area contributed by atoms with Crippen molar-refractivity contribution in [1.82, 2.24) is 19.6 Å². The van der Waals surface area contributed by atoms with Crippen LogP contribution in [-0.4, -0.2) is 81.4 Å². The van der Waals surface area contributed by atoms with Gasteiger partial charge in [-0.3, -0.25) is 14.3 Å². The van der Waals surface area contributed by atoms with Crippen LogP contribution in [-0.2, 0) is 7.05 Å². The van der Waals surface area contributed by atoms with E-state index in [0.717, 1.165) is 0 Å². The molecule has 4 amide bonds. The summed E-state index contributed by atoms with van der Waals surface area (Å²) in [6.07, 6.45) is -0.538. The number of carbonyl (C=O) groups excluding carboxylic acids is 3. The molecule has 2 aromatic carbocycles. The molecule has 11 nitrogen and oxygen atoms in total. The number of ether oxygens (including phenoxy) is 1. The number of nitrogens with zero attached hydrogens (tertiary/aromatic N) is 4. The predicted molar refractivity (Wildman–Crippen MR) is 152 cm³/mol. The fourth-order valence-corrected chi connectivity index (χ4v) is 4.66. The highest BCUT2D eigenvalue weighted by atomic mass is 16.5. The first-order chi connectivity index (χ1) is 19.1. The van der Waals surface area contributed by atoms with Crippen molar-refractivity contribution >= 4 is 29.2 Å². The molecule has 11 heteroatoms. The Labute approximate surface area is 233 Å². The average molecular weight is 549 g/mol. The minimum Gasteiger partial charge on any atom is -0.485 e. The first kappa shape index (κ1) is 28.6. The number of para-hydroxylation sites is 2. The van der Waals surface area contributed by atoms with Gasteiger partial charge in [0.15, 0.2) is 5.75 Å². The van der Waals surface area contributed by atoms with Gasteiger partial charge in [-0.2, -0.15) is 5.10 Å². The molecule has 40 heavy (non-hydrogen) atoms. The van der Waals surface area contributed by atoms with E-state index in [0.29, 0.717) is 29.3 Å². The second kappa shape index (κ2) is 12.2. The molecule has 0 bridgehead atoms. The zero-order chi connectivity index (χ0) is 29.0. The Morgan fingerprint density at radius 3 is 2.55 bits per heavy atom. The van der Waals surface area contributed by atoms with Crippen LogP contribution in [0.2, 0.25) is 0 Å². The first-order valence-electron chi connectivity index (χ1n) is 13.2. The van der Waals surface area contributed by atoms with E-state index in [-0.39, 0.29) is 42.3 Å². The van der Waals surface area contributed by atoms with E-state index in [9.17, 15) is 19.5 Å². The molecule has 4 rings (SSSR count). The summed E-state index contributed by atoms with van der Waals surface area (Å²) in [6.45, 7) is 5.81. The van der Waals surface area contributed by atoms with E-state index in [1.165, 1.54) is 9.58 Å². The van der Waals surface area contributed by atoms with Gasteiger partial charge < -0.3 is 30.3 Å². The number of carbonyl (C=O) groups is 3. The van der Waals surface area contributed by atoms with Crippen LogP contribution in [0.5, 0.6) is 5.75 Å². The topological polar surface area (TPSA) is 129 Å². The number of amides is 4. The fourth-order valence-electron chi connectivity index (χ4n) is 4.66. The highest BCUT2D eigenvalue weighted by Gasteiger charge is 2.35. The number of aromatic nitrogens is 2. The molecule has 0 saturated heterocycles. The van der Waals surface area contributed by atoms with E-state index < -0.39 is 18.1 Å². The maximum absolute atomic E-state index is 13.7. The van der Waals surface area contributed by atoms with Gasteiger partial charge in [-0.1, -0.05) is 31.2 Å². The number of hydrogen-bond acceptors (Lipinski definition) is 6. The Bertz CT molecular complexity index is 1370. The third kappa shape index (κ3) is 6.26. The highest BCUT2D eigenvalue weighted by Crippen LogP contribution is 2.35. The van der Waals surface area contributed by atoms with Crippen molar-refractivity contribution in [1.29, 1.82) is 0 Å². The summed E-state index contributed by atoms with van der Waals surface area (Å²) in [5, 5.41) is 19.9. The molecule has 1 aromatic heterocycles. The number of aryl methyl sites for hydroxylation is 2. The number of anilines is 2. The van der Waals surface area contributed by atoms with Gasteiger partial charge in [0, 0.05) is 32.2 Å². The van der Waals surface area contributed by atoms with E-state index in [2.05, 4.69) is 15.7 Å². The number of hydrogen-bond donors (Lipinski definition) is 3. The molecule has 0 fully saturated rings. The lowest BCUT2D eigenvalue weighted by Crippen LogP contribution is -2.50. The van der Waals surface area contributed by atoms with E-state index in [1.807, 2.05) is 25.1 Å². The number of aliphatic hydroxyl groups excluding tert-OH is 1. The van der Waals surface area contributed by atoms with Crippen LogP contribution in [0.3, 0.4) is 0 Å². The summed E-state index contributed by atoms with van der Waals surface area (Å²) in [4.78, 5) is 42.9. The number of aliphatic hydroxyl groups is 1. The molecule has 3 N–H and O–H groups in total. The molecular formula is C29H36N6O5. The number of benzene rings is 2. The van der Waals surface area contributed by atoms with Crippen molar-refractivity contribution in [3.05, 3.63) is 71.5 Å². The van der Waals surface area contributed by atoms with Crippen LogP contribution in [0.1, 0.15) is 40.4 Å². The minimum absolute atomic E-state index is 0.206. The van der Waals surface area contributed by atoms with Crippen molar-refractivity contribution in [3.63, 3.8) is 0 Å². The van der Waals surface area contributed by atoms with Crippen LogP contribution in [0.15, 0.2) is 54.6 Å². The number of fused-ring (bicyclic) bond motifs is 1. The lowest BCUT2D eigenvalue weighted by Gasteiger charge is -2.38. The predicted octanol–water partition coefficient (Wildman–Crippen LogP) is 3.36. The van der Waals surface area contributed by atoms with Gasteiger partial charge in [-0.15, -0.1) is 0 Å². The molecule has 1 aliphatic rings. The summed E-state index contributed by atoms with van der Waals surface area (Å²) in [5.74, 6) is -0.728. The van der Waals surface area contributed by atoms with Crippen molar-refractivity contribution < 1.29 is 24.2 Å². The monoisotopic (exact) mass is 548 g/mol. The largest absolute Gasteiger partial charge is 0.485 e. The van der Waals surface area contributed by atoms with Crippen molar-refractivity contribution in [2.75, 3.05) is 37.4 Å². The van der Waals surface area contributed by atoms with Crippen LogP contribution in [0, 0.1) is 12.8 Å². The van der Waals surface area contributed by atoms with Crippen molar-refractivity contribution in [3.8, 4) is 5.75 Å². The summed E-state index contributed by atoms with van der Waals surface area (Å²) in [5.41, 5.74) is 2.29. The molecule has 0 unspecified atom stereocenters. The second-order valence-electron chi connectivity index (χ2n) is 10.2. The number of urea groups is 1. The number of nitrogens with one attached hydrogen (secondary N) is 2. The normalized spacial score (nSPS) is 17.6. The Balaban J connectivity index is 1.67. The maximum Gasteiger partial charge on any atom is 0.321 e. The van der Waals surface area contributed by atoms with Gasteiger partial charge in [0.1, 0.15) is 11.8 Å². The van der Waals surface area contributed by atoms with E-state index in [1.54, 1.807) is 69.2 Å². The van der Waals surface area contributed by atoms with Gasteiger partial charge in [-0.25, -0.2) is 4.79 Å². The van der Waals surface area contributed by atoms with Crippen LogP contribution in [0.25, 0.3) is 0 Å². The fraction of sp³-hybridized carbons (Fsp3) is 0.379. The van der Waals surface area contributed by atoms with Gasteiger partial charge in [0.05, 0.1) is 36.1 Å². The van der Waals surface area contributed by atoms with Gasteiger partial charge in [0.25, 0.3) is 11.8 Å². The third-order valence-electron chi connectivity index (χ3n) is 7.00. The third-order valence-corrected chi connectivity index (χ3v) is 7.00. The van der Waals surface area contributed by atoms with Gasteiger partial charge in [0.2, 0.25) is 0 Å². The smallest absolute Gasteiger partial charge is 0.321 e. The lowest BCUT2D eigenvalue weighted by atomic mass is 9.99. The molecule has 3 aromatic rings. The second-order valence-corrected chi connectivity index (χ2v) is 10.2. The molecule has 0 spiro atoms. The zero-order valence-corrected chi connectivity index (χ0v) is 23.4. The van der Waals surface area contributed by atoms with Crippen LogP contribution in [0.4, 0.5) is 16.2 Å². The lowest BCUT2D eigenvalue weighted by molar-refractivity contribution is 0.0372. The van der Waals surface area contributed by atoms with Crippen LogP contribution >= 0.6 is 0 Å². The SMILES string of the molecule is Cc1cc(C(=O)Nc2cccc3c2O[C@H](CN(C)C(=O)Nc2ccccc2)[C@H](C)CN([C@H](C)CO)C3=O)n(C)n1.